The Morgan fingerprint density at radius 3 is 2.26 bits per heavy atom. The molecule has 0 saturated heterocycles. The molecule has 0 unspecified atom stereocenters. The minimum absolute atomic E-state index is 0.808. The molecule has 0 aliphatic carbocycles. The standard InChI is InChI=1S/C17H18N2/c1-3-15-9-11-16(12-10-15)13-18-19(2)14-17-7-5-4-6-8-17/h3-13H,1,14H2,2H3. The molecule has 0 saturated carbocycles. The fraction of sp³-hybridized carbons (Fsp3) is 0.118. The van der Waals surface area contributed by atoms with Crippen molar-refractivity contribution in [3.05, 3.63) is 77.9 Å². The highest BCUT2D eigenvalue weighted by atomic mass is 15.4. The van der Waals surface area contributed by atoms with E-state index in [0.29, 0.717) is 0 Å². The Balaban J connectivity index is 1.95. The first-order chi connectivity index (χ1) is 9.28. The molecule has 0 heterocycles. The van der Waals surface area contributed by atoms with Crippen LogP contribution in [0, 0.1) is 0 Å². The van der Waals surface area contributed by atoms with Crippen LogP contribution in [0.5, 0.6) is 0 Å². The quantitative estimate of drug-likeness (QED) is 0.582. The van der Waals surface area contributed by atoms with Gasteiger partial charge in [-0.2, -0.15) is 5.10 Å². The molecule has 2 rings (SSSR count). The second-order valence-electron chi connectivity index (χ2n) is 4.42. The number of hydrogen-bond donors (Lipinski definition) is 0. The monoisotopic (exact) mass is 250 g/mol. The lowest BCUT2D eigenvalue weighted by molar-refractivity contribution is 0.349. The van der Waals surface area contributed by atoms with Gasteiger partial charge in [0.1, 0.15) is 0 Å². The molecule has 0 bridgehead atoms. The molecule has 2 aromatic rings. The molecule has 0 aliphatic rings. The zero-order valence-corrected chi connectivity index (χ0v) is 11.2. The minimum atomic E-state index is 0.808. The highest BCUT2D eigenvalue weighted by Crippen LogP contribution is 2.05. The maximum Gasteiger partial charge on any atom is 0.0607 e. The summed E-state index contributed by atoms with van der Waals surface area (Å²) in [5, 5.41) is 6.35. The smallest absolute Gasteiger partial charge is 0.0607 e. The highest BCUT2D eigenvalue weighted by molar-refractivity contribution is 5.79. The summed E-state index contributed by atoms with van der Waals surface area (Å²) in [6.07, 6.45) is 3.71. The van der Waals surface area contributed by atoms with Gasteiger partial charge in [0.15, 0.2) is 0 Å². The topological polar surface area (TPSA) is 15.6 Å². The van der Waals surface area contributed by atoms with Crippen molar-refractivity contribution >= 4 is 12.3 Å². The Morgan fingerprint density at radius 1 is 1.00 bits per heavy atom. The number of hydrogen-bond acceptors (Lipinski definition) is 2. The van der Waals surface area contributed by atoms with E-state index in [1.54, 1.807) is 0 Å². The van der Waals surface area contributed by atoms with E-state index in [9.17, 15) is 0 Å². The Bertz CT molecular complexity index is 541. The summed E-state index contributed by atoms with van der Waals surface area (Å²) in [5.41, 5.74) is 3.46. The number of hydrazone groups is 1. The molecule has 2 nitrogen and oxygen atoms in total. The molecule has 19 heavy (non-hydrogen) atoms. The molecule has 0 atom stereocenters. The van der Waals surface area contributed by atoms with Gasteiger partial charge in [-0.15, -0.1) is 0 Å². The van der Waals surface area contributed by atoms with Crippen LogP contribution in [0.1, 0.15) is 16.7 Å². The van der Waals surface area contributed by atoms with Gasteiger partial charge in [-0.05, 0) is 16.7 Å². The predicted octanol–water partition coefficient (Wildman–Crippen LogP) is 3.80. The van der Waals surface area contributed by atoms with Crippen LogP contribution < -0.4 is 0 Å². The minimum Gasteiger partial charge on any atom is -0.296 e. The summed E-state index contributed by atoms with van der Waals surface area (Å²) >= 11 is 0. The number of nitrogens with zero attached hydrogens (tertiary/aromatic N) is 2. The van der Waals surface area contributed by atoms with Gasteiger partial charge < -0.3 is 0 Å². The summed E-state index contributed by atoms with van der Waals surface area (Å²) in [7, 11) is 1.97. The van der Waals surface area contributed by atoms with Crippen LogP contribution in [-0.2, 0) is 6.54 Å². The van der Waals surface area contributed by atoms with E-state index < -0.39 is 0 Å². The molecular weight excluding hydrogens is 232 g/mol. The lowest BCUT2D eigenvalue weighted by Gasteiger charge is -2.12. The van der Waals surface area contributed by atoms with Crippen LogP contribution in [0.2, 0.25) is 0 Å². The van der Waals surface area contributed by atoms with Crippen molar-refractivity contribution < 1.29 is 0 Å². The fourth-order valence-corrected chi connectivity index (χ4v) is 1.77. The van der Waals surface area contributed by atoms with Crippen LogP contribution in [0.25, 0.3) is 6.08 Å². The van der Waals surface area contributed by atoms with Gasteiger partial charge in [0.2, 0.25) is 0 Å². The van der Waals surface area contributed by atoms with Gasteiger partial charge in [-0.3, -0.25) is 5.01 Å². The van der Waals surface area contributed by atoms with Crippen molar-refractivity contribution in [2.75, 3.05) is 7.05 Å². The molecule has 2 heteroatoms. The van der Waals surface area contributed by atoms with E-state index in [1.165, 1.54) is 5.56 Å². The third-order valence-corrected chi connectivity index (χ3v) is 2.83. The van der Waals surface area contributed by atoms with Crippen LogP contribution >= 0.6 is 0 Å². The molecule has 0 radical (unpaired) electrons. The van der Waals surface area contributed by atoms with Gasteiger partial charge in [0.05, 0.1) is 12.8 Å². The van der Waals surface area contributed by atoms with Crippen molar-refractivity contribution in [3.8, 4) is 0 Å². The van der Waals surface area contributed by atoms with Crippen molar-refractivity contribution in [1.29, 1.82) is 0 Å². The average Bonchev–Trinajstić information content (AvgIpc) is 2.47. The molecule has 0 amide bonds. The first-order valence-electron chi connectivity index (χ1n) is 6.29. The molecule has 0 aliphatic heterocycles. The third kappa shape index (κ3) is 4.11. The van der Waals surface area contributed by atoms with Gasteiger partial charge in [0, 0.05) is 7.05 Å². The molecule has 0 aromatic heterocycles. The van der Waals surface area contributed by atoms with Crippen molar-refractivity contribution in [3.63, 3.8) is 0 Å². The van der Waals surface area contributed by atoms with Gasteiger partial charge in [-0.25, -0.2) is 0 Å². The summed E-state index contributed by atoms with van der Waals surface area (Å²) in [5.74, 6) is 0. The van der Waals surface area contributed by atoms with Gasteiger partial charge >= 0.3 is 0 Å². The lowest BCUT2D eigenvalue weighted by Crippen LogP contribution is -2.10. The molecule has 96 valence electrons. The maximum absolute atomic E-state index is 4.43. The largest absolute Gasteiger partial charge is 0.296 e. The fourth-order valence-electron chi connectivity index (χ4n) is 1.77. The SMILES string of the molecule is C=Cc1ccc(C=NN(C)Cc2ccccc2)cc1. The van der Waals surface area contributed by atoms with Crippen molar-refractivity contribution in [2.45, 2.75) is 6.54 Å². The summed E-state index contributed by atoms with van der Waals surface area (Å²) in [4.78, 5) is 0. The molecule has 0 spiro atoms. The molecule has 0 fully saturated rings. The number of benzene rings is 2. The Morgan fingerprint density at radius 2 is 1.63 bits per heavy atom. The average molecular weight is 250 g/mol. The van der Waals surface area contributed by atoms with Crippen molar-refractivity contribution in [2.24, 2.45) is 5.10 Å². The Kier molecular flexibility index (Phi) is 4.51. The van der Waals surface area contributed by atoms with E-state index in [2.05, 4.69) is 23.8 Å². The maximum atomic E-state index is 4.43. The van der Waals surface area contributed by atoms with E-state index in [0.717, 1.165) is 17.7 Å². The van der Waals surface area contributed by atoms with E-state index >= 15 is 0 Å². The lowest BCUT2D eigenvalue weighted by atomic mass is 10.1. The van der Waals surface area contributed by atoms with E-state index in [4.69, 9.17) is 0 Å². The Labute approximate surface area is 114 Å². The number of rotatable bonds is 5. The second kappa shape index (κ2) is 6.55. The summed E-state index contributed by atoms with van der Waals surface area (Å²) in [6, 6.07) is 18.5. The van der Waals surface area contributed by atoms with Crippen LogP contribution in [0.15, 0.2) is 66.3 Å². The summed E-state index contributed by atoms with van der Waals surface area (Å²) in [6.45, 7) is 4.55. The third-order valence-electron chi connectivity index (χ3n) is 2.83. The van der Waals surface area contributed by atoms with Crippen LogP contribution in [-0.4, -0.2) is 18.3 Å². The van der Waals surface area contributed by atoms with Gasteiger partial charge in [0.25, 0.3) is 0 Å². The normalized spacial score (nSPS) is 10.6. The molecular formula is C17H18N2. The molecule has 2 aromatic carbocycles. The van der Waals surface area contributed by atoms with Crippen LogP contribution in [0.4, 0.5) is 0 Å². The second-order valence-corrected chi connectivity index (χ2v) is 4.42. The zero-order chi connectivity index (χ0) is 13.5. The summed E-state index contributed by atoms with van der Waals surface area (Å²) < 4.78 is 0. The highest BCUT2D eigenvalue weighted by Gasteiger charge is 1.95. The first-order valence-corrected chi connectivity index (χ1v) is 6.29. The zero-order valence-electron chi connectivity index (χ0n) is 11.2. The predicted molar refractivity (Wildman–Crippen MR) is 82.0 cm³/mol. The van der Waals surface area contributed by atoms with Crippen molar-refractivity contribution in [1.82, 2.24) is 5.01 Å². The first kappa shape index (κ1) is 13.1. The van der Waals surface area contributed by atoms with Gasteiger partial charge in [-0.1, -0.05) is 67.3 Å². The Hall–Kier alpha value is -2.35. The molecule has 0 N–H and O–H groups in total. The van der Waals surface area contributed by atoms with E-state index in [-0.39, 0.29) is 0 Å². The van der Waals surface area contributed by atoms with Crippen LogP contribution in [0.3, 0.4) is 0 Å². The van der Waals surface area contributed by atoms with E-state index in [1.807, 2.05) is 66.8 Å².